The van der Waals surface area contributed by atoms with Crippen molar-refractivity contribution in [2.75, 3.05) is 46.4 Å². The Kier molecular flexibility index (Phi) is 5.72. The molecule has 1 aromatic carbocycles. The Labute approximate surface area is 175 Å². The topological polar surface area (TPSA) is 101 Å². The van der Waals surface area contributed by atoms with E-state index in [0.29, 0.717) is 44.4 Å². The lowest BCUT2D eigenvalue weighted by Gasteiger charge is -2.49. The first-order valence-corrected chi connectivity index (χ1v) is 10.1. The third kappa shape index (κ3) is 4.02. The van der Waals surface area contributed by atoms with Crippen LogP contribution in [-0.2, 0) is 16.0 Å². The largest absolute Gasteiger partial charge is 0.375 e. The zero-order chi connectivity index (χ0) is 21.1. The summed E-state index contributed by atoms with van der Waals surface area (Å²) in [5.74, 6) is 0.940. The van der Waals surface area contributed by atoms with Gasteiger partial charge in [-0.05, 0) is 18.9 Å². The highest BCUT2D eigenvalue weighted by Gasteiger charge is 2.58. The van der Waals surface area contributed by atoms with E-state index in [-0.39, 0.29) is 29.9 Å². The summed E-state index contributed by atoms with van der Waals surface area (Å²) in [6, 6.07) is 9.97. The van der Waals surface area contributed by atoms with Gasteiger partial charge in [0.2, 0.25) is 11.8 Å². The number of hydrogen-bond acceptors (Lipinski definition) is 6. The van der Waals surface area contributed by atoms with Crippen molar-refractivity contribution in [3.8, 4) is 0 Å². The first-order chi connectivity index (χ1) is 14.5. The molecular weight excluding hydrogens is 386 g/mol. The van der Waals surface area contributed by atoms with Crippen LogP contribution in [0.5, 0.6) is 0 Å². The molecule has 2 aliphatic rings. The minimum absolute atomic E-state index is 0.0371. The number of amides is 3. The molecule has 30 heavy (non-hydrogen) atoms. The van der Waals surface area contributed by atoms with Gasteiger partial charge in [0, 0.05) is 45.2 Å². The van der Waals surface area contributed by atoms with Gasteiger partial charge < -0.3 is 24.4 Å². The van der Waals surface area contributed by atoms with Gasteiger partial charge in [-0.25, -0.2) is 4.79 Å². The normalized spacial score (nSPS) is 19.7. The number of methoxy groups -OCH3 is 1. The Balaban J connectivity index is 1.37. The van der Waals surface area contributed by atoms with Gasteiger partial charge in [-0.3, -0.25) is 4.79 Å². The molecule has 0 saturated carbocycles. The van der Waals surface area contributed by atoms with E-state index in [1.165, 1.54) is 12.7 Å². The van der Waals surface area contributed by atoms with E-state index in [9.17, 15) is 9.59 Å². The average molecular weight is 413 g/mol. The summed E-state index contributed by atoms with van der Waals surface area (Å²) in [6.07, 6.45) is 0.786. The third-order valence-electron chi connectivity index (χ3n) is 5.94. The Morgan fingerprint density at radius 1 is 1.23 bits per heavy atom. The fraction of sp³-hybridized carbons (Fsp3) is 0.524. The molecule has 1 aromatic heterocycles. The highest BCUT2D eigenvalue weighted by molar-refractivity contribution is 5.79. The molecular formula is C21H27N5O4. The standard InChI is InChI=1S/C21H27N5O4/c1-15-23-19(30-24-15)17-10-25(18(27)11-29-2)12-21(17)13-26(14-21)20(28)22-9-8-16-6-4-3-5-7-16/h3-7,17H,8-14H2,1-2H3,(H,22,28). The zero-order valence-corrected chi connectivity index (χ0v) is 17.3. The number of urea groups is 1. The van der Waals surface area contributed by atoms with Crippen LogP contribution < -0.4 is 5.32 Å². The summed E-state index contributed by atoms with van der Waals surface area (Å²) in [6.45, 7) is 4.53. The maximum Gasteiger partial charge on any atom is 0.317 e. The smallest absolute Gasteiger partial charge is 0.317 e. The van der Waals surface area contributed by atoms with Gasteiger partial charge in [0.05, 0.1) is 5.92 Å². The van der Waals surface area contributed by atoms with Crippen molar-refractivity contribution in [1.82, 2.24) is 25.3 Å². The summed E-state index contributed by atoms with van der Waals surface area (Å²) in [5, 5.41) is 6.90. The Morgan fingerprint density at radius 2 is 1.97 bits per heavy atom. The predicted octanol–water partition coefficient (Wildman–Crippen LogP) is 1.20. The average Bonchev–Trinajstić information content (AvgIpc) is 3.31. The SMILES string of the molecule is COCC(=O)N1CC(c2nc(C)no2)C2(C1)CN(C(=O)NCCc1ccccc1)C2. The van der Waals surface area contributed by atoms with Crippen LogP contribution in [0.2, 0.25) is 0 Å². The van der Waals surface area contributed by atoms with Crippen molar-refractivity contribution in [2.45, 2.75) is 19.3 Å². The lowest BCUT2D eigenvalue weighted by molar-refractivity contribution is -0.134. The molecule has 1 atom stereocenters. The number of likely N-dealkylation sites (tertiary alicyclic amines) is 2. The van der Waals surface area contributed by atoms with E-state index in [1.54, 1.807) is 16.7 Å². The number of ether oxygens (including phenoxy) is 1. The molecule has 2 aromatic rings. The van der Waals surface area contributed by atoms with Crippen molar-refractivity contribution < 1.29 is 18.8 Å². The van der Waals surface area contributed by atoms with Crippen LogP contribution in [0.15, 0.2) is 34.9 Å². The number of nitrogens with zero attached hydrogens (tertiary/aromatic N) is 4. The quantitative estimate of drug-likeness (QED) is 0.764. The number of benzene rings is 1. The second-order valence-corrected chi connectivity index (χ2v) is 8.13. The first kappa shape index (κ1) is 20.3. The molecule has 1 spiro atoms. The molecule has 160 valence electrons. The van der Waals surface area contributed by atoms with E-state index < -0.39 is 0 Å². The van der Waals surface area contributed by atoms with Crippen molar-refractivity contribution in [2.24, 2.45) is 5.41 Å². The van der Waals surface area contributed by atoms with E-state index >= 15 is 0 Å². The van der Waals surface area contributed by atoms with Gasteiger partial charge in [0.1, 0.15) is 6.61 Å². The maximum absolute atomic E-state index is 12.6. The van der Waals surface area contributed by atoms with E-state index in [1.807, 2.05) is 30.3 Å². The van der Waals surface area contributed by atoms with Crippen LogP contribution in [0.4, 0.5) is 4.79 Å². The number of hydrogen-bond donors (Lipinski definition) is 1. The molecule has 9 nitrogen and oxygen atoms in total. The summed E-state index contributed by atoms with van der Waals surface area (Å²) >= 11 is 0. The molecule has 4 rings (SSSR count). The first-order valence-electron chi connectivity index (χ1n) is 10.1. The molecule has 0 bridgehead atoms. The number of rotatable bonds is 6. The molecule has 2 fully saturated rings. The highest BCUT2D eigenvalue weighted by Crippen LogP contribution is 2.48. The van der Waals surface area contributed by atoms with Crippen molar-refractivity contribution >= 4 is 11.9 Å². The summed E-state index contributed by atoms with van der Waals surface area (Å²) in [5.41, 5.74) is 0.923. The molecule has 1 unspecified atom stereocenters. The van der Waals surface area contributed by atoms with Crippen LogP contribution >= 0.6 is 0 Å². The van der Waals surface area contributed by atoms with Crippen LogP contribution in [0, 0.1) is 12.3 Å². The molecule has 2 aliphatic heterocycles. The van der Waals surface area contributed by atoms with E-state index in [2.05, 4.69) is 15.5 Å². The molecule has 0 aliphatic carbocycles. The van der Waals surface area contributed by atoms with Gasteiger partial charge >= 0.3 is 6.03 Å². The molecule has 0 radical (unpaired) electrons. The monoisotopic (exact) mass is 413 g/mol. The van der Waals surface area contributed by atoms with Crippen molar-refractivity contribution in [3.63, 3.8) is 0 Å². The van der Waals surface area contributed by atoms with Gasteiger partial charge in [0.15, 0.2) is 5.82 Å². The molecule has 9 heteroatoms. The lowest BCUT2D eigenvalue weighted by Crippen LogP contribution is -2.63. The number of carbonyl (C=O) groups excluding carboxylic acids is 2. The van der Waals surface area contributed by atoms with Crippen molar-refractivity contribution in [1.29, 1.82) is 0 Å². The van der Waals surface area contributed by atoms with Crippen LogP contribution in [0.1, 0.15) is 23.2 Å². The predicted molar refractivity (Wildman–Crippen MR) is 108 cm³/mol. The third-order valence-corrected chi connectivity index (χ3v) is 5.94. The van der Waals surface area contributed by atoms with Gasteiger partial charge in [-0.2, -0.15) is 4.98 Å². The summed E-state index contributed by atoms with van der Waals surface area (Å²) in [4.78, 5) is 32.9. The van der Waals surface area contributed by atoms with Crippen LogP contribution in [-0.4, -0.2) is 78.3 Å². The lowest BCUT2D eigenvalue weighted by atomic mass is 9.71. The number of aryl methyl sites for hydroxylation is 1. The van der Waals surface area contributed by atoms with Crippen molar-refractivity contribution in [3.05, 3.63) is 47.6 Å². The summed E-state index contributed by atoms with van der Waals surface area (Å²) < 4.78 is 10.4. The van der Waals surface area contributed by atoms with E-state index in [0.717, 1.165) is 6.42 Å². The van der Waals surface area contributed by atoms with Gasteiger partial charge in [0.25, 0.3) is 0 Å². The summed E-state index contributed by atoms with van der Waals surface area (Å²) in [7, 11) is 1.51. The van der Waals surface area contributed by atoms with Crippen LogP contribution in [0.25, 0.3) is 0 Å². The Morgan fingerprint density at radius 3 is 2.63 bits per heavy atom. The molecule has 1 N–H and O–H groups in total. The number of carbonyl (C=O) groups is 2. The van der Waals surface area contributed by atoms with Gasteiger partial charge in [-0.1, -0.05) is 35.5 Å². The Hall–Kier alpha value is -2.94. The number of nitrogens with one attached hydrogen (secondary N) is 1. The fourth-order valence-electron chi connectivity index (χ4n) is 4.42. The minimum Gasteiger partial charge on any atom is -0.375 e. The van der Waals surface area contributed by atoms with Gasteiger partial charge in [-0.15, -0.1) is 0 Å². The molecule has 2 saturated heterocycles. The second kappa shape index (κ2) is 8.43. The highest BCUT2D eigenvalue weighted by atomic mass is 16.5. The second-order valence-electron chi connectivity index (χ2n) is 8.13. The number of aromatic nitrogens is 2. The fourth-order valence-corrected chi connectivity index (χ4v) is 4.42. The zero-order valence-electron chi connectivity index (χ0n) is 17.3. The minimum atomic E-state index is -0.265. The Bertz CT molecular complexity index is 894. The molecule has 3 heterocycles. The molecule has 3 amide bonds. The van der Waals surface area contributed by atoms with Crippen LogP contribution in [0.3, 0.4) is 0 Å². The van der Waals surface area contributed by atoms with E-state index in [4.69, 9.17) is 9.26 Å². The maximum atomic E-state index is 12.6.